The van der Waals surface area contributed by atoms with Gasteiger partial charge in [0, 0.05) is 17.5 Å². The number of nitrogens with zero attached hydrogens (tertiary/aromatic N) is 3. The smallest absolute Gasteiger partial charge is 0.355 e. The molecule has 154 valence electrons. The number of hydrogen-bond donors (Lipinski definition) is 1. The average Bonchev–Trinajstić information content (AvgIpc) is 3.14. The summed E-state index contributed by atoms with van der Waals surface area (Å²) in [4.78, 5) is 27.6. The molecule has 6 nitrogen and oxygen atoms in total. The fourth-order valence-electron chi connectivity index (χ4n) is 3.11. The summed E-state index contributed by atoms with van der Waals surface area (Å²) >= 11 is 6.86. The number of thioether (sulfide) groups is 1. The summed E-state index contributed by atoms with van der Waals surface area (Å²) in [6, 6.07) is 0.781. The number of rotatable bonds is 5. The third-order valence-electron chi connectivity index (χ3n) is 4.44. The van der Waals surface area contributed by atoms with Crippen LogP contribution in [0, 0.1) is 13.8 Å². The van der Waals surface area contributed by atoms with Crippen LogP contribution in [0.15, 0.2) is 17.4 Å². The first-order valence-corrected chi connectivity index (χ1v) is 9.70. The van der Waals surface area contributed by atoms with Gasteiger partial charge in [-0.3, -0.25) is 14.0 Å². The first-order valence-electron chi connectivity index (χ1n) is 8.44. The second-order valence-electron chi connectivity index (χ2n) is 6.56. The van der Waals surface area contributed by atoms with Crippen LogP contribution in [0.3, 0.4) is 0 Å². The van der Waals surface area contributed by atoms with E-state index in [9.17, 15) is 22.8 Å². The van der Waals surface area contributed by atoms with E-state index in [0.717, 1.165) is 28.4 Å². The topological polar surface area (TPSA) is 80.1 Å². The molecule has 0 radical (unpaired) electrons. The van der Waals surface area contributed by atoms with Crippen molar-refractivity contribution in [1.82, 2.24) is 19.6 Å². The Balaban J connectivity index is 1.95. The van der Waals surface area contributed by atoms with E-state index < -0.39 is 17.0 Å². The Kier molecular flexibility index (Phi) is 5.52. The van der Waals surface area contributed by atoms with Gasteiger partial charge in [0.05, 0.1) is 21.5 Å². The zero-order chi connectivity index (χ0) is 21.7. The minimum absolute atomic E-state index is 0.0626. The van der Waals surface area contributed by atoms with Crippen LogP contribution in [-0.4, -0.2) is 36.4 Å². The Bertz CT molecular complexity index is 1140. The first kappa shape index (κ1) is 21.4. The number of fused-ring (bicyclic) bond motifs is 1. The van der Waals surface area contributed by atoms with E-state index in [1.807, 2.05) is 0 Å². The summed E-state index contributed by atoms with van der Waals surface area (Å²) in [6.07, 6.45) is -3.74. The lowest BCUT2D eigenvalue weighted by Gasteiger charge is -2.11. The van der Waals surface area contributed by atoms with E-state index in [2.05, 4.69) is 15.2 Å². The predicted molar refractivity (Wildman–Crippen MR) is 103 cm³/mol. The molecule has 0 bridgehead atoms. The molecule has 0 unspecified atom stereocenters. The van der Waals surface area contributed by atoms with Gasteiger partial charge in [-0.1, -0.05) is 23.4 Å². The lowest BCUT2D eigenvalue weighted by molar-refractivity contribution is -0.137. The van der Waals surface area contributed by atoms with E-state index in [0.29, 0.717) is 16.8 Å². The van der Waals surface area contributed by atoms with Crippen molar-refractivity contribution in [3.05, 3.63) is 45.4 Å². The van der Waals surface area contributed by atoms with Crippen LogP contribution in [0.25, 0.3) is 5.65 Å². The number of halogens is 4. The Labute approximate surface area is 172 Å². The van der Waals surface area contributed by atoms with Gasteiger partial charge in [0.1, 0.15) is 0 Å². The lowest BCUT2D eigenvalue weighted by atomic mass is 10.0. The SMILES string of the molecule is CC(=O)c1c(C)[nH]c(C(=O)[C@H](C)Sc2nnc3c(Cl)cc(C(F)(F)F)cn23)c1C. The summed E-state index contributed by atoms with van der Waals surface area (Å²) in [5, 5.41) is 6.89. The van der Waals surface area contributed by atoms with Gasteiger partial charge in [-0.05, 0) is 39.3 Å². The van der Waals surface area contributed by atoms with E-state index in [-0.39, 0.29) is 33.1 Å². The van der Waals surface area contributed by atoms with Gasteiger partial charge in [0.15, 0.2) is 22.4 Å². The van der Waals surface area contributed by atoms with Crippen LogP contribution in [0.1, 0.15) is 51.5 Å². The number of nitrogens with one attached hydrogen (secondary N) is 1. The number of aromatic amines is 1. The Morgan fingerprint density at radius 2 is 1.93 bits per heavy atom. The molecule has 0 aliphatic rings. The maximum absolute atomic E-state index is 13.1. The zero-order valence-electron chi connectivity index (χ0n) is 15.8. The summed E-state index contributed by atoms with van der Waals surface area (Å²) in [5.74, 6) is -0.466. The number of carbonyl (C=O) groups excluding carboxylic acids is 2. The number of aromatic nitrogens is 4. The molecule has 0 spiro atoms. The van der Waals surface area contributed by atoms with Gasteiger partial charge in [0.2, 0.25) is 0 Å². The molecule has 0 aliphatic carbocycles. The fourth-order valence-corrected chi connectivity index (χ4v) is 4.24. The van der Waals surface area contributed by atoms with Crippen LogP contribution in [0.2, 0.25) is 5.02 Å². The Morgan fingerprint density at radius 1 is 1.28 bits per heavy atom. The van der Waals surface area contributed by atoms with Gasteiger partial charge in [-0.2, -0.15) is 13.2 Å². The summed E-state index contributed by atoms with van der Waals surface area (Å²) in [5.41, 5.74) is 0.992. The molecule has 0 saturated carbocycles. The molecule has 3 aromatic rings. The van der Waals surface area contributed by atoms with Crippen molar-refractivity contribution in [2.45, 2.75) is 44.3 Å². The molecule has 3 aromatic heterocycles. The van der Waals surface area contributed by atoms with Gasteiger partial charge in [0.25, 0.3) is 0 Å². The highest BCUT2D eigenvalue weighted by atomic mass is 35.5. The Morgan fingerprint density at radius 3 is 2.48 bits per heavy atom. The van der Waals surface area contributed by atoms with E-state index in [1.54, 1.807) is 20.8 Å². The number of alkyl halides is 3. The molecule has 3 rings (SSSR count). The minimum atomic E-state index is -4.59. The van der Waals surface area contributed by atoms with Crippen molar-refractivity contribution >= 4 is 40.6 Å². The van der Waals surface area contributed by atoms with Crippen molar-refractivity contribution < 1.29 is 22.8 Å². The first-order chi connectivity index (χ1) is 13.4. The molecule has 0 saturated heterocycles. The van der Waals surface area contributed by atoms with Crippen molar-refractivity contribution in [2.24, 2.45) is 0 Å². The van der Waals surface area contributed by atoms with Crippen LogP contribution < -0.4 is 0 Å². The maximum atomic E-state index is 13.1. The third kappa shape index (κ3) is 3.91. The van der Waals surface area contributed by atoms with E-state index >= 15 is 0 Å². The fraction of sp³-hybridized carbons (Fsp3) is 0.333. The van der Waals surface area contributed by atoms with E-state index in [4.69, 9.17) is 11.6 Å². The van der Waals surface area contributed by atoms with Gasteiger partial charge in [-0.25, -0.2) is 0 Å². The zero-order valence-corrected chi connectivity index (χ0v) is 17.4. The normalized spacial score (nSPS) is 13.1. The average molecular weight is 445 g/mol. The molecule has 11 heteroatoms. The monoisotopic (exact) mass is 444 g/mol. The van der Waals surface area contributed by atoms with E-state index in [1.165, 1.54) is 6.92 Å². The predicted octanol–water partition coefficient (Wildman–Crippen LogP) is 4.91. The maximum Gasteiger partial charge on any atom is 0.417 e. The van der Waals surface area contributed by atoms with Crippen LogP contribution in [0.5, 0.6) is 0 Å². The molecule has 0 aliphatic heterocycles. The second kappa shape index (κ2) is 7.49. The molecule has 0 amide bonds. The summed E-state index contributed by atoms with van der Waals surface area (Å²) in [6.45, 7) is 6.39. The molecule has 1 atom stereocenters. The van der Waals surface area contributed by atoms with Crippen LogP contribution in [0.4, 0.5) is 13.2 Å². The molecular formula is C18H16ClF3N4O2S. The van der Waals surface area contributed by atoms with Gasteiger partial charge in [-0.15, -0.1) is 10.2 Å². The van der Waals surface area contributed by atoms with Crippen LogP contribution >= 0.6 is 23.4 Å². The second-order valence-corrected chi connectivity index (χ2v) is 8.27. The molecular weight excluding hydrogens is 429 g/mol. The summed E-state index contributed by atoms with van der Waals surface area (Å²) in [7, 11) is 0. The number of H-pyrrole nitrogens is 1. The number of pyridine rings is 1. The molecule has 1 N–H and O–H groups in total. The molecule has 29 heavy (non-hydrogen) atoms. The van der Waals surface area contributed by atoms with Crippen LogP contribution in [-0.2, 0) is 6.18 Å². The molecule has 3 heterocycles. The lowest BCUT2D eigenvalue weighted by Crippen LogP contribution is -2.16. The summed E-state index contributed by atoms with van der Waals surface area (Å²) < 4.78 is 40.4. The van der Waals surface area contributed by atoms with Crippen molar-refractivity contribution in [3.8, 4) is 0 Å². The highest BCUT2D eigenvalue weighted by Gasteiger charge is 2.33. The largest absolute Gasteiger partial charge is 0.417 e. The van der Waals surface area contributed by atoms with Crippen molar-refractivity contribution in [1.29, 1.82) is 0 Å². The molecule has 0 aromatic carbocycles. The quantitative estimate of drug-likeness (QED) is 0.446. The Hall–Kier alpha value is -2.33. The number of ketones is 2. The third-order valence-corrected chi connectivity index (χ3v) is 5.78. The number of aryl methyl sites for hydroxylation is 1. The van der Waals surface area contributed by atoms with Crippen molar-refractivity contribution in [2.75, 3.05) is 0 Å². The van der Waals surface area contributed by atoms with Gasteiger partial charge >= 0.3 is 6.18 Å². The number of hydrogen-bond acceptors (Lipinski definition) is 5. The number of Topliss-reactive ketones (excluding diaryl/α,β-unsaturated/α-hetero) is 2. The van der Waals surface area contributed by atoms with Gasteiger partial charge < -0.3 is 4.98 Å². The number of carbonyl (C=O) groups is 2. The highest BCUT2D eigenvalue weighted by Crippen LogP contribution is 2.34. The van der Waals surface area contributed by atoms with Crippen molar-refractivity contribution in [3.63, 3.8) is 0 Å². The minimum Gasteiger partial charge on any atom is -0.355 e. The highest BCUT2D eigenvalue weighted by molar-refractivity contribution is 8.00. The molecule has 0 fully saturated rings. The standard InChI is InChI=1S/C18H16ClF3N4O2S/c1-7-13(9(3)27)8(2)23-14(7)15(28)10(4)29-17-25-24-16-12(19)5-11(6-26(16)17)18(20,21)22/h5-6,10,23H,1-4H3/t10-/m0/s1.